The van der Waals surface area contributed by atoms with Crippen LogP contribution in [0.1, 0.15) is 84.0 Å². The van der Waals surface area contributed by atoms with Crippen LogP contribution in [0.4, 0.5) is 4.79 Å². The van der Waals surface area contributed by atoms with E-state index in [9.17, 15) is 14.4 Å². The van der Waals surface area contributed by atoms with Gasteiger partial charge in [-0.2, -0.15) is 11.8 Å². The summed E-state index contributed by atoms with van der Waals surface area (Å²) in [6.45, 7) is 17.4. The highest BCUT2D eigenvalue weighted by Gasteiger charge is 2.37. The van der Waals surface area contributed by atoms with E-state index < -0.39 is 29.3 Å². The Balaban J connectivity index is 3.49. The highest BCUT2D eigenvalue weighted by atomic mass is 32.2. The van der Waals surface area contributed by atoms with Crippen molar-refractivity contribution in [1.29, 1.82) is 0 Å². The fourth-order valence-electron chi connectivity index (χ4n) is 3.83. The van der Waals surface area contributed by atoms with Crippen LogP contribution in [-0.4, -0.2) is 58.5 Å². The largest absolute Gasteiger partial charge is 0.444 e. The molecule has 198 valence electrons. The van der Waals surface area contributed by atoms with Gasteiger partial charge in [0, 0.05) is 12.1 Å². The third-order valence-corrected chi connectivity index (χ3v) is 5.61. The van der Waals surface area contributed by atoms with Gasteiger partial charge in [0.05, 0.1) is 0 Å². The summed E-state index contributed by atoms with van der Waals surface area (Å²) in [7, 11) is 0. The monoisotopic (exact) mass is 507 g/mol. The summed E-state index contributed by atoms with van der Waals surface area (Å²) in [5.74, 6) is 0.138. The maximum atomic E-state index is 14.0. The van der Waals surface area contributed by atoms with Crippen molar-refractivity contribution in [3.8, 4) is 0 Å². The molecular weight excluding hydrogens is 462 g/mol. The van der Waals surface area contributed by atoms with Crippen molar-refractivity contribution in [3.63, 3.8) is 0 Å². The Kier molecular flexibility index (Phi) is 11.6. The second-order valence-corrected chi connectivity index (χ2v) is 12.1. The van der Waals surface area contributed by atoms with Crippen LogP contribution in [0.3, 0.4) is 0 Å². The second kappa shape index (κ2) is 13.2. The van der Waals surface area contributed by atoms with Crippen LogP contribution >= 0.6 is 11.8 Å². The smallest absolute Gasteiger partial charge is 0.408 e. The Labute approximate surface area is 216 Å². The molecular formula is C27H45N3O4S. The first-order chi connectivity index (χ1) is 16.1. The van der Waals surface area contributed by atoms with Gasteiger partial charge in [0.1, 0.15) is 17.7 Å². The number of amides is 3. The molecule has 3 amide bonds. The number of hydrogen-bond acceptors (Lipinski definition) is 5. The standard InChI is InChI=1S/C27H45N3O4S/c1-11-13-30(24(32)21(12-14-35-10)28-25(33)34-27(7,8)9)22(23(31)29-26(4,5)6)20-16-18(2)15-19(3)17-20/h15-17,21-22H,11-14H2,1-10H3,(H,28,33)(H,29,31). The van der Waals surface area contributed by atoms with E-state index in [0.29, 0.717) is 25.1 Å². The summed E-state index contributed by atoms with van der Waals surface area (Å²) in [6.07, 6.45) is 2.40. The molecule has 2 N–H and O–H groups in total. The van der Waals surface area contributed by atoms with E-state index in [0.717, 1.165) is 16.7 Å². The van der Waals surface area contributed by atoms with E-state index in [1.54, 1.807) is 37.4 Å². The summed E-state index contributed by atoms with van der Waals surface area (Å²) in [5, 5.41) is 5.82. The maximum absolute atomic E-state index is 14.0. The number of alkyl carbamates (subject to hydrolysis) is 1. The van der Waals surface area contributed by atoms with Gasteiger partial charge in [-0.05, 0) is 85.8 Å². The molecule has 0 fully saturated rings. The number of hydrogen-bond donors (Lipinski definition) is 2. The predicted molar refractivity (Wildman–Crippen MR) is 145 cm³/mol. The minimum atomic E-state index is -0.822. The summed E-state index contributed by atoms with van der Waals surface area (Å²) in [4.78, 5) is 41.8. The van der Waals surface area contributed by atoms with Gasteiger partial charge in [-0.15, -0.1) is 0 Å². The lowest BCUT2D eigenvalue weighted by Crippen LogP contribution is -2.55. The number of aryl methyl sites for hydroxylation is 2. The van der Waals surface area contributed by atoms with Gasteiger partial charge in [-0.3, -0.25) is 9.59 Å². The third kappa shape index (κ3) is 10.9. The van der Waals surface area contributed by atoms with Gasteiger partial charge in [0.2, 0.25) is 11.8 Å². The van der Waals surface area contributed by atoms with Crippen LogP contribution in [0, 0.1) is 13.8 Å². The summed E-state index contributed by atoms with van der Waals surface area (Å²) < 4.78 is 5.42. The van der Waals surface area contributed by atoms with E-state index in [2.05, 4.69) is 10.6 Å². The zero-order valence-corrected chi connectivity index (χ0v) is 24.0. The van der Waals surface area contributed by atoms with Crippen molar-refractivity contribution >= 4 is 29.7 Å². The van der Waals surface area contributed by atoms with Gasteiger partial charge in [0.25, 0.3) is 0 Å². The molecule has 0 aliphatic rings. The highest BCUT2D eigenvalue weighted by molar-refractivity contribution is 7.98. The van der Waals surface area contributed by atoms with Gasteiger partial charge < -0.3 is 20.3 Å². The molecule has 0 aromatic heterocycles. The second-order valence-electron chi connectivity index (χ2n) is 11.1. The van der Waals surface area contributed by atoms with Crippen LogP contribution < -0.4 is 10.6 Å². The molecule has 0 radical (unpaired) electrons. The van der Waals surface area contributed by atoms with Crippen LogP contribution in [0.5, 0.6) is 0 Å². The van der Waals surface area contributed by atoms with E-state index >= 15 is 0 Å². The normalized spacial score (nSPS) is 13.5. The lowest BCUT2D eigenvalue weighted by molar-refractivity contribution is -0.143. The Morgan fingerprint density at radius 2 is 1.60 bits per heavy atom. The minimum absolute atomic E-state index is 0.245. The first-order valence-corrected chi connectivity index (χ1v) is 13.7. The average Bonchev–Trinajstić information content (AvgIpc) is 2.66. The molecule has 0 bridgehead atoms. The number of thioether (sulfide) groups is 1. The molecule has 2 atom stereocenters. The Hall–Kier alpha value is -2.22. The Morgan fingerprint density at radius 1 is 1.03 bits per heavy atom. The van der Waals surface area contributed by atoms with Gasteiger partial charge >= 0.3 is 6.09 Å². The molecule has 2 unspecified atom stereocenters. The minimum Gasteiger partial charge on any atom is -0.444 e. The topological polar surface area (TPSA) is 87.7 Å². The number of carbonyl (C=O) groups is 3. The predicted octanol–water partition coefficient (Wildman–Crippen LogP) is 5.14. The van der Waals surface area contributed by atoms with Gasteiger partial charge in [-0.25, -0.2) is 4.79 Å². The first-order valence-electron chi connectivity index (χ1n) is 12.3. The lowest BCUT2D eigenvalue weighted by Gasteiger charge is -2.36. The zero-order chi connectivity index (χ0) is 27.0. The molecule has 0 saturated heterocycles. The number of benzene rings is 1. The molecule has 0 aliphatic heterocycles. The molecule has 35 heavy (non-hydrogen) atoms. The van der Waals surface area contributed by atoms with E-state index in [4.69, 9.17) is 4.74 Å². The van der Waals surface area contributed by atoms with Crippen LogP contribution in [0.2, 0.25) is 0 Å². The van der Waals surface area contributed by atoms with E-state index in [1.807, 2.05) is 66.0 Å². The average molecular weight is 508 g/mol. The molecule has 0 saturated carbocycles. The molecule has 1 aromatic rings. The fourth-order valence-corrected chi connectivity index (χ4v) is 4.30. The molecule has 0 spiro atoms. The lowest BCUT2D eigenvalue weighted by atomic mass is 9.97. The Bertz CT molecular complexity index is 854. The van der Waals surface area contributed by atoms with Crippen molar-refractivity contribution < 1.29 is 19.1 Å². The summed E-state index contributed by atoms with van der Waals surface area (Å²) in [5.41, 5.74) is 1.63. The van der Waals surface area contributed by atoms with Crippen molar-refractivity contribution in [1.82, 2.24) is 15.5 Å². The highest BCUT2D eigenvalue weighted by Crippen LogP contribution is 2.26. The number of rotatable bonds is 10. The first kappa shape index (κ1) is 30.8. The number of nitrogens with zero attached hydrogens (tertiary/aromatic N) is 1. The molecule has 8 heteroatoms. The van der Waals surface area contributed by atoms with Crippen LogP contribution in [0.25, 0.3) is 0 Å². The number of ether oxygens (including phenoxy) is 1. The Morgan fingerprint density at radius 3 is 2.06 bits per heavy atom. The van der Waals surface area contributed by atoms with E-state index in [-0.39, 0.29) is 11.8 Å². The fraction of sp³-hybridized carbons (Fsp3) is 0.667. The third-order valence-electron chi connectivity index (χ3n) is 4.97. The van der Waals surface area contributed by atoms with Crippen molar-refractivity contribution in [2.24, 2.45) is 0 Å². The van der Waals surface area contributed by atoms with Crippen molar-refractivity contribution in [2.75, 3.05) is 18.6 Å². The summed E-state index contributed by atoms with van der Waals surface area (Å²) in [6, 6.07) is 4.32. The number of nitrogens with one attached hydrogen (secondary N) is 2. The maximum Gasteiger partial charge on any atom is 0.408 e. The van der Waals surface area contributed by atoms with Crippen LogP contribution in [-0.2, 0) is 14.3 Å². The van der Waals surface area contributed by atoms with Gasteiger partial charge in [0.15, 0.2) is 0 Å². The zero-order valence-electron chi connectivity index (χ0n) is 23.2. The van der Waals surface area contributed by atoms with Gasteiger partial charge in [-0.1, -0.05) is 36.2 Å². The summed E-state index contributed by atoms with van der Waals surface area (Å²) >= 11 is 1.59. The van der Waals surface area contributed by atoms with Crippen LogP contribution in [0.15, 0.2) is 18.2 Å². The molecule has 0 aliphatic carbocycles. The number of carbonyl (C=O) groups excluding carboxylic acids is 3. The van der Waals surface area contributed by atoms with Crippen molar-refractivity contribution in [2.45, 2.75) is 98.4 Å². The van der Waals surface area contributed by atoms with E-state index in [1.165, 1.54) is 0 Å². The molecule has 0 heterocycles. The molecule has 1 aromatic carbocycles. The quantitative estimate of drug-likeness (QED) is 0.458. The molecule has 7 nitrogen and oxygen atoms in total. The van der Waals surface area contributed by atoms with Crippen molar-refractivity contribution in [3.05, 3.63) is 34.9 Å². The molecule has 1 rings (SSSR count). The SMILES string of the molecule is CCCN(C(=O)C(CCSC)NC(=O)OC(C)(C)C)C(C(=O)NC(C)(C)C)c1cc(C)cc(C)c1.